The molecular weight excluding hydrogens is 284 g/mol. The van der Waals surface area contributed by atoms with E-state index < -0.39 is 5.97 Å². The number of rotatable bonds is 5. The Labute approximate surface area is 127 Å². The molecule has 0 saturated heterocycles. The first-order valence-electron chi connectivity index (χ1n) is 7.13. The molecule has 1 fully saturated rings. The fourth-order valence-corrected chi connectivity index (χ4v) is 1.99. The molecule has 2 aromatic rings. The first-order chi connectivity index (χ1) is 10.6. The predicted molar refractivity (Wildman–Crippen MR) is 78.1 cm³/mol. The first-order valence-corrected chi connectivity index (χ1v) is 7.13. The third-order valence-electron chi connectivity index (χ3n) is 3.29. The van der Waals surface area contributed by atoms with Crippen LogP contribution in [-0.4, -0.2) is 29.5 Å². The zero-order chi connectivity index (χ0) is 15.5. The highest BCUT2D eigenvalue weighted by atomic mass is 16.5. The minimum atomic E-state index is -0.658. The van der Waals surface area contributed by atoms with Crippen molar-refractivity contribution in [3.05, 3.63) is 41.8 Å². The van der Waals surface area contributed by atoms with Gasteiger partial charge in [-0.1, -0.05) is 18.2 Å². The van der Waals surface area contributed by atoms with Crippen molar-refractivity contribution in [1.82, 2.24) is 10.3 Å². The van der Waals surface area contributed by atoms with E-state index in [9.17, 15) is 9.59 Å². The summed E-state index contributed by atoms with van der Waals surface area (Å²) in [5.74, 6) is -0.228. The summed E-state index contributed by atoms with van der Waals surface area (Å²) in [6, 6.07) is 9.51. The lowest BCUT2D eigenvalue weighted by molar-refractivity contribution is -0.124. The van der Waals surface area contributed by atoms with E-state index in [0.29, 0.717) is 11.7 Å². The number of nitrogens with one attached hydrogen (secondary N) is 1. The van der Waals surface area contributed by atoms with Crippen LogP contribution >= 0.6 is 0 Å². The second-order valence-corrected chi connectivity index (χ2v) is 5.21. The number of ether oxygens (including phenoxy) is 1. The molecule has 0 bridgehead atoms. The van der Waals surface area contributed by atoms with Crippen LogP contribution < -0.4 is 5.32 Å². The van der Waals surface area contributed by atoms with Gasteiger partial charge >= 0.3 is 5.97 Å². The lowest BCUT2D eigenvalue weighted by atomic mass is 10.2. The van der Waals surface area contributed by atoms with Gasteiger partial charge in [0.1, 0.15) is 5.76 Å². The molecule has 1 aliphatic rings. The summed E-state index contributed by atoms with van der Waals surface area (Å²) in [7, 11) is 0. The Hall–Kier alpha value is -2.63. The normalized spacial score (nSPS) is 13.7. The molecule has 1 aliphatic carbocycles. The number of nitrogens with zero attached hydrogens (tertiary/aromatic N) is 1. The summed E-state index contributed by atoms with van der Waals surface area (Å²) < 4.78 is 10.5. The number of carbonyl (C=O) groups excluding carboxylic acids is 2. The highest BCUT2D eigenvalue weighted by Gasteiger charge is 2.25. The number of amides is 1. The van der Waals surface area contributed by atoms with Crippen LogP contribution in [0.3, 0.4) is 0 Å². The Bertz CT molecular complexity index is 689. The Morgan fingerprint density at radius 1 is 1.32 bits per heavy atom. The number of esters is 1. The van der Waals surface area contributed by atoms with Gasteiger partial charge in [0.15, 0.2) is 12.3 Å². The first kappa shape index (κ1) is 14.3. The van der Waals surface area contributed by atoms with Crippen LogP contribution in [0.1, 0.15) is 29.1 Å². The topological polar surface area (TPSA) is 81.4 Å². The molecule has 0 spiro atoms. The van der Waals surface area contributed by atoms with Gasteiger partial charge in [-0.3, -0.25) is 4.79 Å². The lowest BCUT2D eigenvalue weighted by Crippen LogP contribution is -2.30. The van der Waals surface area contributed by atoms with E-state index in [0.717, 1.165) is 18.4 Å². The number of hydrogen-bond acceptors (Lipinski definition) is 5. The predicted octanol–water partition coefficient (Wildman–Crippen LogP) is 2.09. The average molecular weight is 300 g/mol. The Morgan fingerprint density at radius 3 is 2.73 bits per heavy atom. The van der Waals surface area contributed by atoms with Crippen LogP contribution in [0.4, 0.5) is 0 Å². The average Bonchev–Trinajstić information content (AvgIpc) is 3.25. The summed E-state index contributed by atoms with van der Waals surface area (Å²) in [5, 5.41) is 2.75. The summed E-state index contributed by atoms with van der Waals surface area (Å²) in [6.07, 6.45) is 1.98. The highest BCUT2D eigenvalue weighted by molar-refractivity contribution is 5.91. The van der Waals surface area contributed by atoms with E-state index in [4.69, 9.17) is 9.15 Å². The fourth-order valence-electron chi connectivity index (χ4n) is 1.99. The summed E-state index contributed by atoms with van der Waals surface area (Å²) in [4.78, 5) is 27.7. The maximum absolute atomic E-state index is 12.0. The quantitative estimate of drug-likeness (QED) is 0.855. The SMILES string of the molecule is Cc1oc(-c2ccccc2)nc1C(=O)OCC(=O)NC1CC1. The Morgan fingerprint density at radius 2 is 2.05 bits per heavy atom. The molecule has 3 rings (SSSR count). The smallest absolute Gasteiger partial charge is 0.361 e. The van der Waals surface area contributed by atoms with Gasteiger partial charge in [-0.25, -0.2) is 9.78 Å². The van der Waals surface area contributed by atoms with Gasteiger partial charge in [0.05, 0.1) is 0 Å². The van der Waals surface area contributed by atoms with Crippen molar-refractivity contribution in [3.8, 4) is 11.5 Å². The Kier molecular flexibility index (Phi) is 3.91. The van der Waals surface area contributed by atoms with E-state index in [1.807, 2.05) is 30.3 Å². The molecule has 114 valence electrons. The van der Waals surface area contributed by atoms with Gasteiger partial charge in [-0.15, -0.1) is 0 Å². The second kappa shape index (κ2) is 6.01. The maximum Gasteiger partial charge on any atom is 0.361 e. The van der Waals surface area contributed by atoms with Gasteiger partial charge in [0.2, 0.25) is 5.89 Å². The van der Waals surface area contributed by atoms with E-state index in [1.165, 1.54) is 0 Å². The van der Waals surface area contributed by atoms with Gasteiger partial charge in [-0.2, -0.15) is 0 Å². The molecule has 1 saturated carbocycles. The van der Waals surface area contributed by atoms with Gasteiger partial charge in [-0.05, 0) is 31.9 Å². The van der Waals surface area contributed by atoms with Crippen molar-refractivity contribution in [2.24, 2.45) is 0 Å². The number of benzene rings is 1. The van der Waals surface area contributed by atoms with Gasteiger partial charge in [0.25, 0.3) is 5.91 Å². The van der Waals surface area contributed by atoms with E-state index in [2.05, 4.69) is 10.3 Å². The zero-order valence-corrected chi connectivity index (χ0v) is 12.2. The van der Waals surface area contributed by atoms with Crippen molar-refractivity contribution >= 4 is 11.9 Å². The van der Waals surface area contributed by atoms with Crippen molar-refractivity contribution in [2.75, 3.05) is 6.61 Å². The van der Waals surface area contributed by atoms with Crippen LogP contribution in [0.25, 0.3) is 11.5 Å². The highest BCUT2D eigenvalue weighted by Crippen LogP contribution is 2.22. The largest absolute Gasteiger partial charge is 0.451 e. The van der Waals surface area contributed by atoms with Crippen LogP contribution in [0.15, 0.2) is 34.7 Å². The zero-order valence-electron chi connectivity index (χ0n) is 12.2. The molecule has 1 N–H and O–H groups in total. The van der Waals surface area contributed by atoms with E-state index in [1.54, 1.807) is 6.92 Å². The third kappa shape index (κ3) is 3.33. The molecule has 6 heteroatoms. The number of aromatic nitrogens is 1. The van der Waals surface area contributed by atoms with Crippen molar-refractivity contribution in [1.29, 1.82) is 0 Å². The molecular formula is C16H16N2O4. The van der Waals surface area contributed by atoms with Crippen LogP contribution in [-0.2, 0) is 9.53 Å². The monoisotopic (exact) mass is 300 g/mol. The second-order valence-electron chi connectivity index (χ2n) is 5.21. The van der Waals surface area contributed by atoms with Crippen molar-refractivity contribution < 1.29 is 18.7 Å². The number of aryl methyl sites for hydroxylation is 1. The molecule has 22 heavy (non-hydrogen) atoms. The van der Waals surface area contributed by atoms with Crippen molar-refractivity contribution in [2.45, 2.75) is 25.8 Å². The van der Waals surface area contributed by atoms with Gasteiger partial charge < -0.3 is 14.5 Å². The molecule has 1 amide bonds. The minimum absolute atomic E-state index is 0.0954. The summed E-state index contributed by atoms with van der Waals surface area (Å²) in [6.45, 7) is 1.34. The summed E-state index contributed by atoms with van der Waals surface area (Å²) >= 11 is 0. The molecule has 1 aromatic carbocycles. The lowest BCUT2D eigenvalue weighted by Gasteiger charge is -2.03. The molecule has 1 heterocycles. The molecule has 0 atom stereocenters. The maximum atomic E-state index is 12.0. The van der Waals surface area contributed by atoms with Gasteiger partial charge in [0, 0.05) is 11.6 Å². The number of carbonyl (C=O) groups is 2. The fraction of sp³-hybridized carbons (Fsp3) is 0.312. The molecule has 0 unspecified atom stereocenters. The third-order valence-corrected chi connectivity index (χ3v) is 3.29. The molecule has 1 aromatic heterocycles. The van der Waals surface area contributed by atoms with Crippen LogP contribution in [0, 0.1) is 6.92 Å². The number of oxazole rings is 1. The van der Waals surface area contributed by atoms with E-state index >= 15 is 0 Å². The summed E-state index contributed by atoms with van der Waals surface area (Å²) in [5.41, 5.74) is 0.870. The Balaban J connectivity index is 1.65. The standard InChI is InChI=1S/C16H16N2O4/c1-10-14(16(20)21-9-13(19)17-12-7-8-12)18-15(22-10)11-5-3-2-4-6-11/h2-6,12H,7-9H2,1H3,(H,17,19). The van der Waals surface area contributed by atoms with Crippen LogP contribution in [0.5, 0.6) is 0 Å². The molecule has 0 radical (unpaired) electrons. The van der Waals surface area contributed by atoms with Crippen molar-refractivity contribution in [3.63, 3.8) is 0 Å². The van der Waals surface area contributed by atoms with E-state index in [-0.39, 0.29) is 24.2 Å². The van der Waals surface area contributed by atoms with Crippen LogP contribution in [0.2, 0.25) is 0 Å². The molecule has 6 nitrogen and oxygen atoms in total. The number of hydrogen-bond donors (Lipinski definition) is 1. The molecule has 0 aliphatic heterocycles. The minimum Gasteiger partial charge on any atom is -0.451 e.